The third-order valence-corrected chi connectivity index (χ3v) is 4.30. The molecule has 2 aromatic carbocycles. The molecule has 0 fully saturated rings. The first-order chi connectivity index (χ1) is 10.4. The smallest absolute Gasteiger partial charge is 0.272 e. The Hall–Kier alpha value is -1.86. The van der Waals surface area contributed by atoms with E-state index in [4.69, 9.17) is 0 Å². The fourth-order valence-corrected chi connectivity index (χ4v) is 3.28. The molecule has 0 radical (unpaired) electrons. The molecule has 3 rings (SSSR count). The topological polar surface area (TPSA) is 61.4 Å². The first-order valence-electron chi connectivity index (χ1n) is 6.21. The molecular weight excluding hydrogens is 419 g/mol. The van der Waals surface area contributed by atoms with Crippen molar-refractivity contribution in [3.8, 4) is 5.75 Å². The van der Waals surface area contributed by atoms with Crippen LogP contribution in [-0.4, -0.2) is 11.0 Å². The second kappa shape index (κ2) is 5.73. The Labute approximate surface area is 142 Å². The highest BCUT2D eigenvalue weighted by atomic mass is 79.9. The molecule has 0 aromatic heterocycles. The van der Waals surface area contributed by atoms with Gasteiger partial charge in [-0.2, -0.15) is 0 Å². The van der Waals surface area contributed by atoms with Crippen molar-refractivity contribution in [2.75, 3.05) is 10.6 Å². The number of fused-ring (bicyclic) bond motifs is 1. The van der Waals surface area contributed by atoms with Gasteiger partial charge in [0.15, 0.2) is 0 Å². The molecule has 0 atom stereocenters. The van der Waals surface area contributed by atoms with Crippen LogP contribution in [0.5, 0.6) is 5.75 Å². The van der Waals surface area contributed by atoms with Gasteiger partial charge in [-0.05, 0) is 73.8 Å². The summed E-state index contributed by atoms with van der Waals surface area (Å²) < 4.78 is 14.2. The van der Waals surface area contributed by atoms with E-state index in [-0.39, 0.29) is 11.7 Å². The number of hydrogen-bond acceptors (Lipinski definition) is 3. The van der Waals surface area contributed by atoms with Crippen LogP contribution in [-0.2, 0) is 4.79 Å². The molecule has 4 nitrogen and oxygen atoms in total. The third kappa shape index (κ3) is 2.86. The van der Waals surface area contributed by atoms with Gasteiger partial charge in [0.2, 0.25) is 0 Å². The van der Waals surface area contributed by atoms with Gasteiger partial charge in [0.25, 0.3) is 5.91 Å². The van der Waals surface area contributed by atoms with E-state index < -0.39 is 5.82 Å². The summed E-state index contributed by atoms with van der Waals surface area (Å²) in [6.45, 7) is 0. The number of carbonyl (C=O) groups excluding carboxylic acids is 1. The number of carbonyl (C=O) groups is 1. The fourth-order valence-electron chi connectivity index (χ4n) is 2.06. The minimum atomic E-state index is -0.417. The van der Waals surface area contributed by atoms with Crippen LogP contribution in [0.4, 0.5) is 15.8 Å². The van der Waals surface area contributed by atoms with Gasteiger partial charge in [-0.1, -0.05) is 0 Å². The molecule has 1 aliphatic heterocycles. The molecule has 0 saturated carbocycles. The minimum Gasteiger partial charge on any atom is -0.506 e. The van der Waals surface area contributed by atoms with E-state index >= 15 is 0 Å². The zero-order valence-electron chi connectivity index (χ0n) is 11.0. The number of hydrogen-bond donors (Lipinski definition) is 3. The van der Waals surface area contributed by atoms with Gasteiger partial charge >= 0.3 is 0 Å². The number of phenols is 1. The molecular formula is C15H9Br2FN2O2. The lowest BCUT2D eigenvalue weighted by Gasteiger charge is -2.21. The molecule has 1 heterocycles. The van der Waals surface area contributed by atoms with Crippen molar-refractivity contribution in [1.29, 1.82) is 0 Å². The van der Waals surface area contributed by atoms with Crippen molar-refractivity contribution in [2.45, 2.75) is 0 Å². The van der Waals surface area contributed by atoms with Crippen LogP contribution < -0.4 is 10.6 Å². The van der Waals surface area contributed by atoms with Crippen LogP contribution in [0.3, 0.4) is 0 Å². The van der Waals surface area contributed by atoms with Crippen molar-refractivity contribution in [1.82, 2.24) is 0 Å². The maximum absolute atomic E-state index is 13.2. The summed E-state index contributed by atoms with van der Waals surface area (Å²) >= 11 is 6.48. The summed E-state index contributed by atoms with van der Waals surface area (Å²) in [5, 5.41) is 15.3. The Morgan fingerprint density at radius 1 is 1.05 bits per heavy atom. The van der Waals surface area contributed by atoms with Crippen LogP contribution >= 0.6 is 31.9 Å². The minimum absolute atomic E-state index is 0.0871. The molecule has 0 unspecified atom stereocenters. The zero-order chi connectivity index (χ0) is 15.9. The molecule has 3 N–H and O–H groups in total. The van der Waals surface area contributed by atoms with Gasteiger partial charge < -0.3 is 15.7 Å². The molecule has 0 saturated heterocycles. The molecule has 0 bridgehead atoms. The highest BCUT2D eigenvalue weighted by Crippen LogP contribution is 2.35. The average molecular weight is 428 g/mol. The summed E-state index contributed by atoms with van der Waals surface area (Å²) in [7, 11) is 0. The molecule has 22 heavy (non-hydrogen) atoms. The van der Waals surface area contributed by atoms with Gasteiger partial charge in [0.1, 0.15) is 17.3 Å². The summed E-state index contributed by atoms with van der Waals surface area (Å²) in [4.78, 5) is 12.1. The molecule has 112 valence electrons. The monoisotopic (exact) mass is 426 g/mol. The number of aromatic hydroxyl groups is 1. The van der Waals surface area contributed by atoms with E-state index in [0.717, 1.165) is 0 Å². The van der Waals surface area contributed by atoms with E-state index in [0.29, 0.717) is 31.6 Å². The molecule has 7 heteroatoms. The van der Waals surface area contributed by atoms with Crippen molar-refractivity contribution >= 4 is 55.2 Å². The van der Waals surface area contributed by atoms with Crippen molar-refractivity contribution in [3.63, 3.8) is 0 Å². The van der Waals surface area contributed by atoms with Crippen molar-refractivity contribution < 1.29 is 14.3 Å². The normalized spacial score (nSPS) is 15.2. The van der Waals surface area contributed by atoms with E-state index in [9.17, 15) is 14.3 Å². The first-order valence-corrected chi connectivity index (χ1v) is 7.80. The quantitative estimate of drug-likeness (QED) is 0.588. The second-order valence-corrected chi connectivity index (χ2v) is 6.37. The Balaban J connectivity index is 1.99. The van der Waals surface area contributed by atoms with Crippen LogP contribution in [0.25, 0.3) is 6.08 Å². The van der Waals surface area contributed by atoms with Crippen molar-refractivity contribution in [3.05, 3.63) is 56.4 Å². The Bertz CT molecular complexity index is 798. The second-order valence-electron chi connectivity index (χ2n) is 4.66. The lowest BCUT2D eigenvalue weighted by Crippen LogP contribution is -2.25. The molecule has 1 amide bonds. The van der Waals surface area contributed by atoms with Gasteiger partial charge in [-0.25, -0.2) is 4.39 Å². The van der Waals surface area contributed by atoms with Gasteiger partial charge in [-0.15, -0.1) is 0 Å². The number of rotatable bonds is 1. The largest absolute Gasteiger partial charge is 0.506 e. The Morgan fingerprint density at radius 3 is 2.41 bits per heavy atom. The van der Waals surface area contributed by atoms with E-state index in [1.54, 1.807) is 24.3 Å². The van der Waals surface area contributed by atoms with Gasteiger partial charge in [-0.3, -0.25) is 4.79 Å². The molecule has 0 spiro atoms. The van der Waals surface area contributed by atoms with E-state index in [2.05, 4.69) is 42.5 Å². The summed E-state index contributed by atoms with van der Waals surface area (Å²) in [5.41, 5.74) is 2.04. The number of amides is 1. The van der Waals surface area contributed by atoms with Crippen LogP contribution in [0, 0.1) is 5.82 Å². The summed E-state index contributed by atoms with van der Waals surface area (Å²) in [6.07, 6.45) is 1.64. The van der Waals surface area contributed by atoms with E-state index in [1.807, 2.05) is 0 Å². The molecule has 2 aromatic rings. The number of benzene rings is 2. The SMILES string of the molecule is O=C1Nc2cc(F)ccc2N/C1=C\c1cc(Br)c(O)c(Br)c1. The first kappa shape index (κ1) is 15.1. The predicted molar refractivity (Wildman–Crippen MR) is 90.1 cm³/mol. The fraction of sp³-hybridized carbons (Fsp3) is 0. The number of phenolic OH excluding ortho intramolecular Hbond substituents is 1. The van der Waals surface area contributed by atoms with Gasteiger partial charge in [0, 0.05) is 0 Å². The number of anilines is 2. The maximum atomic E-state index is 13.2. The van der Waals surface area contributed by atoms with Crippen molar-refractivity contribution in [2.24, 2.45) is 0 Å². The van der Waals surface area contributed by atoms with Crippen LogP contribution in [0.2, 0.25) is 0 Å². The number of halogens is 3. The van der Waals surface area contributed by atoms with Crippen LogP contribution in [0.1, 0.15) is 5.56 Å². The van der Waals surface area contributed by atoms with Crippen LogP contribution in [0.15, 0.2) is 45.0 Å². The van der Waals surface area contributed by atoms with Gasteiger partial charge in [0.05, 0.1) is 20.3 Å². The standard InChI is InChI=1S/C15H9Br2FN2O2/c16-9-3-7(4-10(17)14(9)21)5-13-15(22)20-12-6-8(18)1-2-11(12)19-13/h1-6,19,21H,(H,20,22)/b13-5-. The lowest BCUT2D eigenvalue weighted by molar-refractivity contribution is -0.112. The third-order valence-electron chi connectivity index (χ3n) is 3.09. The Morgan fingerprint density at radius 2 is 1.73 bits per heavy atom. The maximum Gasteiger partial charge on any atom is 0.272 e. The molecule has 0 aliphatic carbocycles. The average Bonchev–Trinajstić information content (AvgIpc) is 2.45. The highest BCUT2D eigenvalue weighted by molar-refractivity contribution is 9.11. The lowest BCUT2D eigenvalue weighted by atomic mass is 10.1. The predicted octanol–water partition coefficient (Wildman–Crippen LogP) is 4.46. The highest BCUT2D eigenvalue weighted by Gasteiger charge is 2.20. The zero-order valence-corrected chi connectivity index (χ0v) is 14.1. The summed E-state index contributed by atoms with van der Waals surface area (Å²) in [5.74, 6) is -0.692. The molecule has 1 aliphatic rings. The number of nitrogens with one attached hydrogen (secondary N) is 2. The van der Waals surface area contributed by atoms with E-state index in [1.165, 1.54) is 12.1 Å². The summed E-state index contributed by atoms with van der Waals surface area (Å²) in [6, 6.07) is 7.49. The Kier molecular flexibility index (Phi) is 3.92.